The van der Waals surface area contributed by atoms with Crippen molar-refractivity contribution in [1.29, 1.82) is 0 Å². The lowest BCUT2D eigenvalue weighted by Gasteiger charge is -2.62. The molecule has 6 rings (SSSR count). The quantitative estimate of drug-likeness (QED) is 0.0686. The van der Waals surface area contributed by atoms with Crippen molar-refractivity contribution in [1.82, 2.24) is 0 Å². The second-order valence-corrected chi connectivity index (χ2v) is 15.6. The Bertz CT molecular complexity index is 1840. The predicted molar refractivity (Wildman–Crippen MR) is 189 cm³/mol. The fraction of sp³-hybridized carbons (Fsp3) is 0.590. The van der Waals surface area contributed by atoms with Crippen molar-refractivity contribution < 1.29 is 67.0 Å². The number of esters is 1. The van der Waals surface area contributed by atoms with Crippen LogP contribution in [-0.2, 0) is 38.2 Å². The van der Waals surface area contributed by atoms with E-state index in [0.29, 0.717) is 36.8 Å². The van der Waals surface area contributed by atoms with Gasteiger partial charge in [-0.1, -0.05) is 24.6 Å². The van der Waals surface area contributed by atoms with E-state index >= 15 is 4.39 Å². The van der Waals surface area contributed by atoms with Crippen LogP contribution in [0.4, 0.5) is 9.18 Å². The van der Waals surface area contributed by atoms with Gasteiger partial charge in [-0.05, 0) is 101 Å². The standard InChI is InChI=1S/C39H46FNO14/c1-35(2)54-32-20-27-26-11-10-24-19-25(42)14-15-36(24,3)38(26,40)30(43)21-37(27,4)39(32,55-35)31(44)22-51-34(46)53-28-12-8-23(18-29(28)49-5)9-13-33(45)50-16-6-7-17-52-41(47)48/h8-9,12-15,18-19,26-27,30,32,43H,6-7,10-11,16-17,20-22H2,1-5H3/t26?,27-,30-,32+,36-,37-,38-,39+/m0/s1. The maximum Gasteiger partial charge on any atom is 0.514 e. The molecule has 1 aromatic rings. The van der Waals surface area contributed by atoms with Crippen molar-refractivity contribution in [3.63, 3.8) is 0 Å². The van der Waals surface area contributed by atoms with Gasteiger partial charge in [-0.3, -0.25) is 9.59 Å². The maximum atomic E-state index is 17.7. The lowest BCUT2D eigenvalue weighted by atomic mass is 9.44. The molecule has 5 aliphatic rings. The molecule has 8 atom stereocenters. The number of unbranched alkanes of at least 4 members (excludes halogenated alkanes) is 1. The number of nitrogens with zero attached hydrogens (tertiary/aromatic N) is 1. The van der Waals surface area contributed by atoms with Gasteiger partial charge >= 0.3 is 12.1 Å². The first-order chi connectivity index (χ1) is 25.9. The van der Waals surface area contributed by atoms with E-state index in [2.05, 4.69) is 4.84 Å². The number of Topliss-reactive ketones (excluding diaryl/α,β-unsaturated/α-hetero) is 1. The fourth-order valence-corrected chi connectivity index (χ4v) is 9.76. The summed E-state index contributed by atoms with van der Waals surface area (Å²) in [6, 6.07) is 4.44. The van der Waals surface area contributed by atoms with Gasteiger partial charge in [0.15, 0.2) is 40.9 Å². The number of ketones is 2. The Morgan fingerprint density at radius 3 is 2.56 bits per heavy atom. The minimum atomic E-state index is -2.12. The molecule has 0 bridgehead atoms. The van der Waals surface area contributed by atoms with Crippen LogP contribution in [0.5, 0.6) is 11.5 Å². The Kier molecular flexibility index (Phi) is 10.7. The van der Waals surface area contributed by atoms with Gasteiger partial charge in [-0.2, -0.15) is 0 Å². The number of carbonyl (C=O) groups excluding carboxylic acids is 4. The molecule has 0 spiro atoms. The van der Waals surface area contributed by atoms with E-state index in [4.69, 9.17) is 28.4 Å². The van der Waals surface area contributed by atoms with E-state index in [1.807, 2.05) is 6.92 Å². The van der Waals surface area contributed by atoms with Gasteiger partial charge in [0.05, 0.1) is 32.5 Å². The molecule has 0 amide bonds. The molecule has 1 aromatic carbocycles. The molecule has 0 aromatic heterocycles. The summed E-state index contributed by atoms with van der Waals surface area (Å²) in [6.07, 6.45) is 5.11. The summed E-state index contributed by atoms with van der Waals surface area (Å²) in [5.74, 6) is -3.74. The summed E-state index contributed by atoms with van der Waals surface area (Å²) in [4.78, 5) is 66.0. The van der Waals surface area contributed by atoms with E-state index in [1.54, 1.807) is 26.8 Å². The summed E-state index contributed by atoms with van der Waals surface area (Å²) in [5.41, 5.74) is -4.99. The number of rotatable bonds is 13. The van der Waals surface area contributed by atoms with Crippen LogP contribution in [0.15, 0.2) is 48.1 Å². The van der Waals surface area contributed by atoms with Gasteiger partial charge in [-0.15, -0.1) is 10.1 Å². The molecule has 4 fully saturated rings. The fourth-order valence-electron chi connectivity index (χ4n) is 9.76. The van der Waals surface area contributed by atoms with Gasteiger partial charge in [0, 0.05) is 22.8 Å². The number of carbonyl (C=O) groups is 4. The first kappa shape index (κ1) is 40.0. The first-order valence-electron chi connectivity index (χ1n) is 18.3. The van der Waals surface area contributed by atoms with Crippen LogP contribution in [0.1, 0.15) is 71.8 Å². The third-order valence-electron chi connectivity index (χ3n) is 12.1. The van der Waals surface area contributed by atoms with Crippen molar-refractivity contribution in [2.24, 2.45) is 22.7 Å². The summed E-state index contributed by atoms with van der Waals surface area (Å²) in [5, 5.41) is 21.1. The minimum absolute atomic E-state index is 0.0329. The van der Waals surface area contributed by atoms with Crippen LogP contribution >= 0.6 is 0 Å². The average molecular weight is 772 g/mol. The summed E-state index contributed by atoms with van der Waals surface area (Å²) < 4.78 is 51.6. The van der Waals surface area contributed by atoms with Crippen LogP contribution < -0.4 is 9.47 Å². The average Bonchev–Trinajstić information content (AvgIpc) is 3.54. The number of hydrogen-bond donors (Lipinski definition) is 1. The zero-order chi connectivity index (χ0) is 40.0. The Labute approximate surface area is 316 Å². The highest BCUT2D eigenvalue weighted by atomic mass is 19.1. The molecule has 1 unspecified atom stereocenters. The number of aliphatic hydroxyl groups is 1. The smallest absolute Gasteiger partial charge is 0.493 e. The Balaban J connectivity index is 1.12. The van der Waals surface area contributed by atoms with E-state index in [-0.39, 0.29) is 43.3 Å². The lowest BCUT2D eigenvalue weighted by molar-refractivity contribution is -0.757. The second-order valence-electron chi connectivity index (χ2n) is 15.6. The predicted octanol–water partition coefficient (Wildman–Crippen LogP) is 5.20. The molecule has 1 N–H and O–H groups in total. The zero-order valence-corrected chi connectivity index (χ0v) is 31.4. The van der Waals surface area contributed by atoms with Gasteiger partial charge < -0.3 is 38.4 Å². The second kappa shape index (κ2) is 14.8. The molecule has 15 nitrogen and oxygen atoms in total. The number of aliphatic hydroxyl groups excluding tert-OH is 1. The molecule has 298 valence electrons. The number of alkyl halides is 1. The maximum absolute atomic E-state index is 17.7. The number of allylic oxidation sites excluding steroid dienone is 4. The van der Waals surface area contributed by atoms with Crippen LogP contribution in [0.2, 0.25) is 0 Å². The number of ether oxygens (including phenoxy) is 6. The lowest BCUT2D eigenvalue weighted by Crippen LogP contribution is -2.70. The van der Waals surface area contributed by atoms with Gasteiger partial charge in [-0.25, -0.2) is 14.0 Å². The third-order valence-corrected chi connectivity index (χ3v) is 12.1. The molecular formula is C39H46FNO14. The number of methoxy groups -OCH3 is 1. The Morgan fingerprint density at radius 2 is 1.84 bits per heavy atom. The van der Waals surface area contributed by atoms with E-state index in [0.717, 1.165) is 0 Å². The highest BCUT2D eigenvalue weighted by Crippen LogP contribution is 2.72. The summed E-state index contributed by atoms with van der Waals surface area (Å²) in [6.45, 7) is 6.06. The summed E-state index contributed by atoms with van der Waals surface area (Å²) in [7, 11) is 1.34. The largest absolute Gasteiger partial charge is 0.514 e. The number of hydrogen-bond acceptors (Lipinski definition) is 14. The molecule has 1 aliphatic heterocycles. The van der Waals surface area contributed by atoms with E-state index in [1.165, 1.54) is 49.6 Å². The topological polar surface area (TPSA) is 196 Å². The van der Waals surface area contributed by atoms with Crippen LogP contribution in [-0.4, -0.2) is 90.1 Å². The van der Waals surface area contributed by atoms with Crippen molar-refractivity contribution in [2.75, 3.05) is 26.9 Å². The van der Waals surface area contributed by atoms with Crippen molar-refractivity contribution >= 4 is 29.8 Å². The number of halogens is 1. The molecule has 3 saturated carbocycles. The van der Waals surface area contributed by atoms with E-state index < -0.39 is 81.5 Å². The van der Waals surface area contributed by atoms with Crippen molar-refractivity contribution in [3.05, 3.63) is 63.8 Å². The molecule has 4 aliphatic carbocycles. The Morgan fingerprint density at radius 1 is 1.09 bits per heavy atom. The Hall–Kier alpha value is -4.67. The number of fused-ring (bicyclic) bond motifs is 7. The third kappa shape index (κ3) is 6.92. The minimum Gasteiger partial charge on any atom is -0.493 e. The molecule has 16 heteroatoms. The number of benzene rings is 1. The summed E-state index contributed by atoms with van der Waals surface area (Å²) >= 11 is 0. The van der Waals surface area contributed by atoms with Crippen LogP contribution in [0.3, 0.4) is 0 Å². The van der Waals surface area contributed by atoms with Crippen molar-refractivity contribution in [2.45, 2.75) is 95.5 Å². The highest BCUT2D eigenvalue weighted by molar-refractivity contribution is 6.01. The SMILES string of the molecule is COc1cc(C=CC(=O)OCCCCO[N+](=O)[O-])ccc1OC(=O)OCC(=O)[C@@]12OC(C)(C)O[C@@H]1C[C@H]1C3CCC4=CC(=O)C=C[C@]4(C)[C@@]3(F)[C@@H](O)C[C@@]12C. The molecule has 55 heavy (non-hydrogen) atoms. The molecular weight excluding hydrogens is 725 g/mol. The van der Waals surface area contributed by atoms with Crippen LogP contribution in [0.25, 0.3) is 6.08 Å². The molecule has 0 radical (unpaired) electrons. The molecule has 1 heterocycles. The van der Waals surface area contributed by atoms with Crippen LogP contribution in [0, 0.1) is 32.8 Å². The van der Waals surface area contributed by atoms with Crippen molar-refractivity contribution in [3.8, 4) is 11.5 Å². The van der Waals surface area contributed by atoms with Gasteiger partial charge in [0.2, 0.25) is 5.78 Å². The molecule has 1 saturated heterocycles. The zero-order valence-electron chi connectivity index (χ0n) is 31.4. The van der Waals surface area contributed by atoms with Gasteiger partial charge in [0.25, 0.3) is 5.09 Å². The monoisotopic (exact) mass is 771 g/mol. The first-order valence-corrected chi connectivity index (χ1v) is 18.3. The van der Waals surface area contributed by atoms with Gasteiger partial charge in [0.1, 0.15) is 0 Å². The highest BCUT2D eigenvalue weighted by Gasteiger charge is 2.80. The van der Waals surface area contributed by atoms with E-state index in [9.17, 15) is 34.4 Å². The normalized spacial score (nSPS) is 34.1.